The van der Waals surface area contributed by atoms with Gasteiger partial charge in [-0.15, -0.1) is 21.5 Å². The van der Waals surface area contributed by atoms with Gasteiger partial charge in [0.25, 0.3) is 0 Å². The average molecular weight is 492 g/mol. The molecule has 168 valence electrons. The van der Waals surface area contributed by atoms with Crippen LogP contribution in [0.5, 0.6) is 0 Å². The number of hydrogen-bond donors (Lipinski definition) is 2. The molecule has 1 saturated heterocycles. The van der Waals surface area contributed by atoms with E-state index in [0.29, 0.717) is 6.42 Å². The molecule has 2 N–H and O–H groups in total. The molecule has 0 radical (unpaired) electrons. The highest BCUT2D eigenvalue weighted by atomic mass is 32.2. The normalized spacial score (nSPS) is 19.1. The van der Waals surface area contributed by atoms with Gasteiger partial charge in [-0.1, -0.05) is 35.1 Å². The molecule has 9 nitrogen and oxygen atoms in total. The predicted molar refractivity (Wildman–Crippen MR) is 125 cm³/mol. The van der Waals surface area contributed by atoms with Crippen molar-refractivity contribution in [2.24, 2.45) is 5.92 Å². The van der Waals surface area contributed by atoms with Gasteiger partial charge in [-0.3, -0.25) is 14.3 Å². The number of aromatic nitrogens is 2. The van der Waals surface area contributed by atoms with Gasteiger partial charge in [0.15, 0.2) is 0 Å². The molecule has 12 heteroatoms. The fourth-order valence-corrected chi connectivity index (χ4v) is 5.99. The Labute approximate surface area is 193 Å². The van der Waals surface area contributed by atoms with Gasteiger partial charge in [0.1, 0.15) is 0 Å². The minimum Gasteiger partial charge on any atom is -0.303 e. The number of hydrogen-bond acceptors (Lipinski definition) is 8. The minimum atomic E-state index is -3.50. The summed E-state index contributed by atoms with van der Waals surface area (Å²) in [6.45, 7) is 1.98. The Morgan fingerprint density at radius 2 is 1.88 bits per heavy atom. The van der Waals surface area contributed by atoms with E-state index < -0.39 is 22.0 Å². The molecule has 32 heavy (non-hydrogen) atoms. The van der Waals surface area contributed by atoms with Crippen molar-refractivity contribution in [3.8, 4) is 0 Å². The van der Waals surface area contributed by atoms with E-state index in [1.165, 1.54) is 11.3 Å². The van der Waals surface area contributed by atoms with Crippen molar-refractivity contribution in [1.82, 2.24) is 10.2 Å². The van der Waals surface area contributed by atoms with Crippen LogP contribution in [0.3, 0.4) is 0 Å². The van der Waals surface area contributed by atoms with Gasteiger partial charge in [0, 0.05) is 17.0 Å². The maximum atomic E-state index is 13.3. The number of amides is 2. The van der Waals surface area contributed by atoms with E-state index in [4.69, 9.17) is 0 Å². The molecule has 3 aromatic rings. The maximum absolute atomic E-state index is 13.3. The zero-order chi connectivity index (χ0) is 22.9. The number of piperidine rings is 1. The minimum absolute atomic E-state index is 0.0353. The van der Waals surface area contributed by atoms with E-state index in [0.717, 1.165) is 33.7 Å². The molecule has 2 atom stereocenters. The Hall–Kier alpha value is -2.83. The van der Waals surface area contributed by atoms with Gasteiger partial charge in [-0.2, -0.15) is 0 Å². The van der Waals surface area contributed by atoms with Crippen LogP contribution >= 0.6 is 22.7 Å². The second kappa shape index (κ2) is 8.96. The van der Waals surface area contributed by atoms with Crippen molar-refractivity contribution in [1.29, 1.82) is 0 Å². The van der Waals surface area contributed by atoms with E-state index in [1.807, 2.05) is 48.7 Å². The third kappa shape index (κ3) is 4.97. The van der Waals surface area contributed by atoms with Crippen LogP contribution in [0.1, 0.15) is 29.3 Å². The van der Waals surface area contributed by atoms with Crippen molar-refractivity contribution < 1.29 is 18.0 Å². The number of nitrogens with one attached hydrogen (secondary N) is 2. The maximum Gasteiger partial charge on any atom is 0.231 e. The fourth-order valence-electron chi connectivity index (χ4n) is 3.63. The third-order valence-corrected chi connectivity index (χ3v) is 7.40. The van der Waals surface area contributed by atoms with Gasteiger partial charge in [0.2, 0.25) is 32.1 Å². The molecule has 1 fully saturated rings. The van der Waals surface area contributed by atoms with Crippen LogP contribution < -0.4 is 14.9 Å². The molecule has 0 bridgehead atoms. The number of nitrogens with zero attached hydrogens (tertiary/aromatic N) is 3. The molecule has 1 aromatic carbocycles. The van der Waals surface area contributed by atoms with E-state index in [1.54, 1.807) is 4.90 Å². The number of anilines is 3. The van der Waals surface area contributed by atoms with Crippen molar-refractivity contribution in [2.75, 3.05) is 21.2 Å². The molecular formula is C20H21N5O4S3. The van der Waals surface area contributed by atoms with Crippen LogP contribution in [0.4, 0.5) is 16.0 Å². The second-order valence-electron chi connectivity index (χ2n) is 7.48. The molecule has 2 amide bonds. The highest BCUT2D eigenvalue weighted by molar-refractivity contribution is 7.92. The third-order valence-electron chi connectivity index (χ3n) is 5.01. The number of sulfonamides is 1. The summed E-state index contributed by atoms with van der Waals surface area (Å²) in [6, 6.07) is 11.0. The van der Waals surface area contributed by atoms with Crippen LogP contribution in [0.25, 0.3) is 0 Å². The Bertz CT molecular complexity index is 1220. The number of carbonyl (C=O) groups excluding carboxylic acids is 2. The first-order valence-corrected chi connectivity index (χ1v) is 13.3. The van der Waals surface area contributed by atoms with Crippen molar-refractivity contribution >= 4 is 60.5 Å². The average Bonchev–Trinajstić information content (AvgIpc) is 3.39. The number of carbonyl (C=O) groups is 2. The lowest BCUT2D eigenvalue weighted by molar-refractivity contribution is -0.125. The molecule has 0 spiro atoms. The monoisotopic (exact) mass is 491 g/mol. The fraction of sp³-hybridized carbons (Fsp3) is 0.300. The first-order valence-electron chi connectivity index (χ1n) is 9.75. The van der Waals surface area contributed by atoms with E-state index in [9.17, 15) is 18.0 Å². The molecule has 1 aliphatic rings. The Kier molecular flexibility index (Phi) is 6.26. The largest absolute Gasteiger partial charge is 0.303 e. The summed E-state index contributed by atoms with van der Waals surface area (Å²) in [7, 11) is -3.50. The number of benzene rings is 1. The summed E-state index contributed by atoms with van der Waals surface area (Å²) in [5.41, 5.74) is 1.82. The molecular weight excluding hydrogens is 470 g/mol. The number of rotatable bonds is 6. The highest BCUT2D eigenvalue weighted by Crippen LogP contribution is 2.42. The zero-order valence-corrected chi connectivity index (χ0v) is 19.8. The molecule has 3 heterocycles. The summed E-state index contributed by atoms with van der Waals surface area (Å²) < 4.78 is 25.0. The van der Waals surface area contributed by atoms with Gasteiger partial charge in [0.05, 0.1) is 18.2 Å². The van der Waals surface area contributed by atoms with Crippen LogP contribution in [0.2, 0.25) is 0 Å². The Morgan fingerprint density at radius 3 is 2.53 bits per heavy atom. The van der Waals surface area contributed by atoms with Crippen LogP contribution in [0, 0.1) is 12.8 Å². The van der Waals surface area contributed by atoms with Gasteiger partial charge >= 0.3 is 0 Å². The molecule has 2 aromatic heterocycles. The lowest BCUT2D eigenvalue weighted by atomic mass is 9.86. The van der Waals surface area contributed by atoms with E-state index in [-0.39, 0.29) is 28.5 Å². The lowest BCUT2D eigenvalue weighted by Crippen LogP contribution is -2.46. The highest BCUT2D eigenvalue weighted by Gasteiger charge is 2.42. The zero-order valence-electron chi connectivity index (χ0n) is 17.3. The Balaban J connectivity index is 1.62. The molecule has 1 aliphatic heterocycles. The lowest BCUT2D eigenvalue weighted by Gasteiger charge is -2.40. The summed E-state index contributed by atoms with van der Waals surface area (Å²) >= 11 is 2.42. The predicted octanol–water partition coefficient (Wildman–Crippen LogP) is 3.40. The SMILES string of the molecule is Cc1ccc(N2C(=O)CCC(C(=O)Nc3nnc(NS(C)(=O)=O)s3)C2c2cccs2)cc1. The number of aryl methyl sites for hydroxylation is 1. The van der Waals surface area contributed by atoms with Gasteiger partial charge < -0.3 is 10.2 Å². The molecule has 2 unspecified atom stereocenters. The first kappa shape index (κ1) is 22.4. The van der Waals surface area contributed by atoms with Crippen LogP contribution in [-0.4, -0.2) is 36.7 Å². The molecule has 0 saturated carbocycles. The summed E-state index contributed by atoms with van der Waals surface area (Å²) in [5.74, 6) is -0.843. The second-order valence-corrected chi connectivity index (χ2v) is 11.2. The quantitative estimate of drug-likeness (QED) is 0.545. The van der Waals surface area contributed by atoms with Crippen LogP contribution in [0.15, 0.2) is 41.8 Å². The first-order chi connectivity index (χ1) is 15.2. The van der Waals surface area contributed by atoms with Crippen molar-refractivity contribution in [2.45, 2.75) is 25.8 Å². The summed E-state index contributed by atoms with van der Waals surface area (Å²) in [5, 5.41) is 12.5. The van der Waals surface area contributed by atoms with E-state index >= 15 is 0 Å². The number of thiophene rings is 1. The van der Waals surface area contributed by atoms with Crippen LogP contribution in [-0.2, 0) is 19.6 Å². The topological polar surface area (TPSA) is 121 Å². The van der Waals surface area contributed by atoms with Gasteiger partial charge in [-0.25, -0.2) is 8.42 Å². The Morgan fingerprint density at radius 1 is 1.16 bits per heavy atom. The van der Waals surface area contributed by atoms with Gasteiger partial charge in [-0.05, 0) is 36.9 Å². The van der Waals surface area contributed by atoms with Crippen molar-refractivity contribution in [3.05, 3.63) is 52.2 Å². The summed E-state index contributed by atoms with van der Waals surface area (Å²) in [6.07, 6.45) is 1.64. The molecule has 0 aliphatic carbocycles. The van der Waals surface area contributed by atoms with Crippen molar-refractivity contribution in [3.63, 3.8) is 0 Å². The standard InChI is InChI=1S/C20H21N5O4S3/c1-12-5-7-13(8-6-12)25-16(26)10-9-14(17(25)15-4-3-11-30-15)18(27)21-19-22-23-20(31-19)24-32(2,28)29/h3-8,11,14,17H,9-10H2,1-2H3,(H,23,24)(H,21,22,27). The summed E-state index contributed by atoms with van der Waals surface area (Å²) in [4.78, 5) is 28.8. The molecule has 4 rings (SSSR count). The smallest absolute Gasteiger partial charge is 0.231 e. The van der Waals surface area contributed by atoms with E-state index in [2.05, 4.69) is 20.2 Å².